The van der Waals surface area contributed by atoms with Crippen molar-refractivity contribution in [1.29, 1.82) is 0 Å². The van der Waals surface area contributed by atoms with Gasteiger partial charge in [0.15, 0.2) is 0 Å². The van der Waals surface area contributed by atoms with E-state index < -0.39 is 10.4 Å². The molecule has 0 aromatic carbocycles. The minimum absolute atomic E-state index is 0.0797. The zero-order valence-corrected chi connectivity index (χ0v) is 7.09. The molecule has 0 fully saturated rings. The first-order valence-electron chi connectivity index (χ1n) is 3.18. The van der Waals surface area contributed by atoms with Crippen LogP contribution in [0.3, 0.4) is 0 Å². The van der Waals surface area contributed by atoms with Gasteiger partial charge >= 0.3 is 10.4 Å². The lowest BCUT2D eigenvalue weighted by atomic mass is 10.6. The van der Waals surface area contributed by atoms with Gasteiger partial charge < -0.3 is 10.2 Å². The maximum absolute atomic E-state index is 11.9. The number of nitrogens with one attached hydrogen (secondary N) is 1. The smallest absolute Gasteiger partial charge is 0.385 e. The topological polar surface area (TPSA) is 89.9 Å². The molecule has 0 bridgehead atoms. The predicted octanol–water partition coefficient (Wildman–Crippen LogP) is -2.01. The summed E-state index contributed by atoms with van der Waals surface area (Å²) in [6.07, 6.45) is 0. The first-order valence-corrected chi connectivity index (χ1v) is 4.56. The highest BCUT2D eigenvalue weighted by atomic mass is 32.3. The van der Waals surface area contributed by atoms with Crippen molar-refractivity contribution in [3.05, 3.63) is 0 Å². The highest BCUT2D eigenvalue weighted by Gasteiger charge is 2.12. The Balaban J connectivity index is 3.95. The van der Waals surface area contributed by atoms with Crippen molar-refractivity contribution in [2.24, 2.45) is 0 Å². The largest absolute Gasteiger partial charge is 0.395 e. The van der Waals surface area contributed by atoms with E-state index in [-0.39, 0.29) is 26.3 Å². The molecule has 0 saturated carbocycles. The summed E-state index contributed by atoms with van der Waals surface area (Å²) in [7, 11) is -4.81. The van der Waals surface area contributed by atoms with Gasteiger partial charge in [-0.1, -0.05) is 3.89 Å². The van der Waals surface area contributed by atoms with Crippen LogP contribution in [0.5, 0.6) is 0 Å². The highest BCUT2D eigenvalue weighted by Crippen LogP contribution is 1.88. The number of halogens is 1. The van der Waals surface area contributed by atoms with Gasteiger partial charge in [-0.3, -0.25) is 0 Å². The third-order valence-corrected chi connectivity index (χ3v) is 1.45. The summed E-state index contributed by atoms with van der Waals surface area (Å²) in [5.74, 6) is 0. The first-order chi connectivity index (χ1) is 5.49. The average Bonchev–Trinajstić information content (AvgIpc) is 1.84. The number of rotatable bonds is 6. The Bertz CT molecular complexity index is 201. The van der Waals surface area contributed by atoms with E-state index >= 15 is 0 Å². The second-order valence-corrected chi connectivity index (χ2v) is 3.02. The fourth-order valence-corrected chi connectivity index (χ4v) is 1.09. The lowest BCUT2D eigenvalue weighted by molar-refractivity contribution is 0.142. The van der Waals surface area contributed by atoms with Gasteiger partial charge in [0, 0.05) is 13.1 Å². The third kappa shape index (κ3) is 6.43. The van der Waals surface area contributed by atoms with Gasteiger partial charge in [-0.05, 0) is 0 Å². The highest BCUT2D eigenvalue weighted by molar-refractivity contribution is 7.84. The predicted molar refractivity (Wildman–Crippen MR) is 38.9 cm³/mol. The molecular formula is C4H11FN2O4S. The Labute approximate surface area is 69.9 Å². The van der Waals surface area contributed by atoms with Crippen molar-refractivity contribution in [1.82, 2.24) is 9.84 Å². The number of hydrazine groups is 1. The fourth-order valence-electron chi connectivity index (χ4n) is 0.599. The van der Waals surface area contributed by atoms with Crippen LogP contribution < -0.4 is 4.83 Å². The Morgan fingerprint density at radius 2 is 1.67 bits per heavy atom. The molecular weight excluding hydrogens is 191 g/mol. The average molecular weight is 202 g/mol. The van der Waals surface area contributed by atoms with Crippen LogP contribution >= 0.6 is 0 Å². The van der Waals surface area contributed by atoms with Gasteiger partial charge in [-0.15, -0.1) is 4.83 Å². The zero-order valence-electron chi connectivity index (χ0n) is 6.27. The lowest BCUT2D eigenvalue weighted by Gasteiger charge is -2.17. The van der Waals surface area contributed by atoms with Crippen molar-refractivity contribution < 1.29 is 22.5 Å². The van der Waals surface area contributed by atoms with Gasteiger partial charge in [0.25, 0.3) is 0 Å². The molecule has 0 aromatic rings. The van der Waals surface area contributed by atoms with E-state index in [1.807, 2.05) is 0 Å². The number of nitrogens with zero attached hydrogens (tertiary/aromatic N) is 1. The standard InChI is InChI=1S/C4H11FN2O4S/c5-12(10,11)6-7(1-3-8)2-4-9/h6,8-9H,1-4H2. The van der Waals surface area contributed by atoms with Gasteiger partial charge in [0.2, 0.25) is 0 Å². The van der Waals surface area contributed by atoms with Crippen molar-refractivity contribution >= 4 is 10.4 Å². The second kappa shape index (κ2) is 5.38. The van der Waals surface area contributed by atoms with Crippen LogP contribution in [-0.2, 0) is 10.4 Å². The van der Waals surface area contributed by atoms with Crippen LogP contribution in [0.4, 0.5) is 3.89 Å². The molecule has 0 radical (unpaired) electrons. The van der Waals surface area contributed by atoms with E-state index in [0.717, 1.165) is 5.01 Å². The van der Waals surface area contributed by atoms with Gasteiger partial charge in [0.05, 0.1) is 13.2 Å². The quantitative estimate of drug-likeness (QED) is 0.342. The summed E-state index contributed by atoms with van der Waals surface area (Å²) < 4.78 is 32.0. The fraction of sp³-hybridized carbons (Fsp3) is 1.00. The minimum atomic E-state index is -4.81. The Hall–Kier alpha value is -0.280. The maximum Gasteiger partial charge on any atom is 0.385 e. The van der Waals surface area contributed by atoms with Crippen LogP contribution in [-0.4, -0.2) is 49.9 Å². The van der Waals surface area contributed by atoms with Crippen molar-refractivity contribution in [3.63, 3.8) is 0 Å². The number of hydrogen-bond acceptors (Lipinski definition) is 5. The van der Waals surface area contributed by atoms with Crippen molar-refractivity contribution in [2.45, 2.75) is 0 Å². The molecule has 0 amide bonds. The van der Waals surface area contributed by atoms with Crippen molar-refractivity contribution in [2.75, 3.05) is 26.3 Å². The molecule has 12 heavy (non-hydrogen) atoms. The number of aliphatic hydroxyl groups excluding tert-OH is 2. The Kier molecular flexibility index (Phi) is 5.25. The van der Waals surface area contributed by atoms with Gasteiger partial charge in [-0.25, -0.2) is 5.01 Å². The third-order valence-electron chi connectivity index (χ3n) is 0.978. The van der Waals surface area contributed by atoms with Crippen LogP contribution in [0, 0.1) is 0 Å². The molecule has 0 heterocycles. The lowest BCUT2D eigenvalue weighted by Crippen LogP contribution is -2.43. The Morgan fingerprint density at radius 3 is 1.92 bits per heavy atom. The van der Waals surface area contributed by atoms with Crippen LogP contribution in [0.25, 0.3) is 0 Å². The molecule has 0 saturated heterocycles. The summed E-state index contributed by atoms with van der Waals surface area (Å²) in [4.78, 5) is 1.48. The molecule has 0 atom stereocenters. The summed E-state index contributed by atoms with van der Waals surface area (Å²) in [6, 6.07) is 0. The SMILES string of the molecule is O=S(=O)(F)NN(CCO)CCO. The molecule has 0 aromatic heterocycles. The molecule has 0 unspecified atom stereocenters. The van der Waals surface area contributed by atoms with E-state index in [4.69, 9.17) is 10.2 Å². The molecule has 0 aliphatic rings. The van der Waals surface area contributed by atoms with Crippen LogP contribution in [0.1, 0.15) is 0 Å². The van der Waals surface area contributed by atoms with Crippen LogP contribution in [0.2, 0.25) is 0 Å². The monoisotopic (exact) mass is 202 g/mol. The first kappa shape index (κ1) is 11.7. The van der Waals surface area contributed by atoms with E-state index in [9.17, 15) is 12.3 Å². The molecule has 3 N–H and O–H groups in total. The molecule has 74 valence electrons. The summed E-state index contributed by atoms with van der Waals surface area (Å²) in [5, 5.41) is 17.6. The summed E-state index contributed by atoms with van der Waals surface area (Å²) in [5.41, 5.74) is 0. The van der Waals surface area contributed by atoms with E-state index in [0.29, 0.717) is 0 Å². The maximum atomic E-state index is 11.9. The summed E-state index contributed by atoms with van der Waals surface area (Å²) >= 11 is 0. The molecule has 0 aliphatic heterocycles. The minimum Gasteiger partial charge on any atom is -0.395 e. The molecule has 0 rings (SSSR count). The van der Waals surface area contributed by atoms with E-state index in [1.54, 1.807) is 0 Å². The van der Waals surface area contributed by atoms with Gasteiger partial charge in [-0.2, -0.15) is 8.42 Å². The van der Waals surface area contributed by atoms with Crippen LogP contribution in [0.15, 0.2) is 0 Å². The zero-order chi connectivity index (χ0) is 9.61. The van der Waals surface area contributed by atoms with E-state index in [2.05, 4.69) is 0 Å². The molecule has 0 spiro atoms. The summed E-state index contributed by atoms with van der Waals surface area (Å²) in [6.45, 7) is -0.821. The number of aliphatic hydroxyl groups is 2. The second-order valence-electron chi connectivity index (χ2n) is 1.96. The van der Waals surface area contributed by atoms with E-state index in [1.165, 1.54) is 4.83 Å². The normalized spacial score (nSPS) is 12.3. The van der Waals surface area contributed by atoms with Crippen molar-refractivity contribution in [3.8, 4) is 0 Å². The molecule has 0 aliphatic carbocycles. The van der Waals surface area contributed by atoms with Gasteiger partial charge in [0.1, 0.15) is 0 Å². The molecule has 6 nitrogen and oxygen atoms in total. The molecule has 8 heteroatoms. The number of hydrogen-bond donors (Lipinski definition) is 3. The Morgan fingerprint density at radius 1 is 1.25 bits per heavy atom.